The quantitative estimate of drug-likeness (QED) is 0.790. The Morgan fingerprint density at radius 3 is 2.81 bits per heavy atom. The third-order valence-corrected chi connectivity index (χ3v) is 4.20. The molecule has 0 radical (unpaired) electrons. The van der Waals surface area contributed by atoms with Crippen LogP contribution >= 0.6 is 11.3 Å². The first-order chi connectivity index (χ1) is 10.1. The van der Waals surface area contributed by atoms with E-state index >= 15 is 0 Å². The first-order valence-electron chi connectivity index (χ1n) is 7.36. The van der Waals surface area contributed by atoms with Gasteiger partial charge in [-0.15, -0.1) is 10.2 Å². The van der Waals surface area contributed by atoms with Crippen LogP contribution in [0.1, 0.15) is 30.8 Å². The van der Waals surface area contributed by atoms with Crippen molar-refractivity contribution in [1.82, 2.24) is 15.5 Å². The van der Waals surface area contributed by atoms with Crippen LogP contribution in [0.3, 0.4) is 0 Å². The second kappa shape index (κ2) is 7.61. The van der Waals surface area contributed by atoms with E-state index in [2.05, 4.69) is 29.4 Å². The highest BCUT2D eigenvalue weighted by Gasteiger charge is 2.09. The molecular weight excluding hydrogens is 285 g/mol. The van der Waals surface area contributed by atoms with Gasteiger partial charge in [0, 0.05) is 12.0 Å². The molecule has 0 aliphatic heterocycles. The summed E-state index contributed by atoms with van der Waals surface area (Å²) in [5.74, 6) is 0.469. The lowest BCUT2D eigenvalue weighted by molar-refractivity contribution is 0.542. The normalized spacial score (nSPS) is 11.3. The number of benzene rings is 1. The minimum Gasteiger partial charge on any atom is -0.316 e. The van der Waals surface area contributed by atoms with E-state index in [-0.39, 0.29) is 5.82 Å². The van der Waals surface area contributed by atoms with E-state index in [1.54, 1.807) is 17.4 Å². The maximum Gasteiger partial charge on any atom is 0.148 e. The summed E-state index contributed by atoms with van der Waals surface area (Å²) in [6.45, 7) is 8.36. The monoisotopic (exact) mass is 307 g/mol. The van der Waals surface area contributed by atoms with Crippen molar-refractivity contribution in [3.63, 3.8) is 0 Å². The van der Waals surface area contributed by atoms with Gasteiger partial charge in [-0.2, -0.15) is 0 Å². The van der Waals surface area contributed by atoms with Gasteiger partial charge in [-0.3, -0.25) is 0 Å². The van der Waals surface area contributed by atoms with Crippen LogP contribution in [0.15, 0.2) is 18.2 Å². The minimum atomic E-state index is -0.211. The van der Waals surface area contributed by atoms with Gasteiger partial charge in [-0.05, 0) is 56.1 Å². The average molecular weight is 307 g/mol. The molecule has 0 saturated carbocycles. The highest BCUT2D eigenvalue weighted by atomic mass is 32.1. The van der Waals surface area contributed by atoms with Crippen LogP contribution < -0.4 is 5.32 Å². The molecule has 21 heavy (non-hydrogen) atoms. The zero-order valence-corrected chi connectivity index (χ0v) is 13.6. The Labute approximate surface area is 129 Å². The Balaban J connectivity index is 1.89. The van der Waals surface area contributed by atoms with Crippen molar-refractivity contribution < 1.29 is 4.39 Å². The van der Waals surface area contributed by atoms with Crippen molar-refractivity contribution in [1.29, 1.82) is 0 Å². The number of rotatable bonds is 7. The topological polar surface area (TPSA) is 37.8 Å². The molecule has 0 bridgehead atoms. The Kier molecular flexibility index (Phi) is 5.82. The molecule has 1 heterocycles. The SMILES string of the molecule is Cc1cc(F)ccc1-c1nnc(CCCNCC(C)C)s1. The van der Waals surface area contributed by atoms with Gasteiger partial charge in [-0.25, -0.2) is 4.39 Å². The first kappa shape index (κ1) is 16.0. The van der Waals surface area contributed by atoms with Crippen LogP contribution in [0.25, 0.3) is 10.6 Å². The molecule has 0 aliphatic rings. The molecule has 0 atom stereocenters. The van der Waals surface area contributed by atoms with Gasteiger partial charge < -0.3 is 5.32 Å². The molecule has 0 saturated heterocycles. The summed E-state index contributed by atoms with van der Waals surface area (Å²) >= 11 is 1.60. The number of hydrogen-bond donors (Lipinski definition) is 1. The van der Waals surface area contributed by atoms with Crippen LogP contribution in [0.2, 0.25) is 0 Å². The number of halogens is 1. The standard InChI is InChI=1S/C16H22FN3S/c1-11(2)10-18-8-4-5-15-19-20-16(21-15)14-7-6-13(17)9-12(14)3/h6-7,9,11,18H,4-5,8,10H2,1-3H3. The summed E-state index contributed by atoms with van der Waals surface area (Å²) in [6.07, 6.45) is 1.99. The molecule has 0 spiro atoms. The van der Waals surface area contributed by atoms with Gasteiger partial charge in [0.05, 0.1) is 0 Å². The van der Waals surface area contributed by atoms with Gasteiger partial charge >= 0.3 is 0 Å². The van der Waals surface area contributed by atoms with Gasteiger partial charge in [0.2, 0.25) is 0 Å². The number of aryl methyl sites for hydroxylation is 2. The Bertz CT molecular complexity index is 581. The van der Waals surface area contributed by atoms with Crippen LogP contribution in [0.5, 0.6) is 0 Å². The molecule has 0 aliphatic carbocycles. The molecule has 0 unspecified atom stereocenters. The second-order valence-corrected chi connectivity index (χ2v) is 6.72. The van der Waals surface area contributed by atoms with Crippen molar-refractivity contribution in [3.05, 3.63) is 34.6 Å². The zero-order valence-electron chi connectivity index (χ0n) is 12.8. The zero-order chi connectivity index (χ0) is 15.2. The molecule has 1 aromatic heterocycles. The average Bonchev–Trinajstić information content (AvgIpc) is 2.86. The summed E-state index contributed by atoms with van der Waals surface area (Å²) in [5.41, 5.74) is 1.87. The largest absolute Gasteiger partial charge is 0.316 e. The van der Waals surface area contributed by atoms with Crippen molar-refractivity contribution in [3.8, 4) is 10.6 Å². The van der Waals surface area contributed by atoms with E-state index in [4.69, 9.17) is 0 Å². The fraction of sp³-hybridized carbons (Fsp3) is 0.500. The van der Waals surface area contributed by atoms with Crippen molar-refractivity contribution in [2.24, 2.45) is 5.92 Å². The molecule has 114 valence electrons. The predicted molar refractivity (Wildman–Crippen MR) is 86.1 cm³/mol. The van der Waals surface area contributed by atoms with Crippen molar-refractivity contribution >= 4 is 11.3 Å². The Morgan fingerprint density at radius 1 is 1.29 bits per heavy atom. The van der Waals surface area contributed by atoms with E-state index in [9.17, 15) is 4.39 Å². The fourth-order valence-corrected chi connectivity index (χ4v) is 3.06. The smallest absolute Gasteiger partial charge is 0.148 e. The molecule has 1 N–H and O–H groups in total. The second-order valence-electron chi connectivity index (χ2n) is 5.66. The van der Waals surface area contributed by atoms with Gasteiger partial charge in [0.15, 0.2) is 0 Å². The summed E-state index contributed by atoms with van der Waals surface area (Å²) < 4.78 is 13.1. The Morgan fingerprint density at radius 2 is 2.10 bits per heavy atom. The Hall–Kier alpha value is -1.33. The third-order valence-electron chi connectivity index (χ3n) is 3.18. The molecule has 5 heteroatoms. The summed E-state index contributed by atoms with van der Waals surface area (Å²) in [6, 6.07) is 4.78. The predicted octanol–water partition coefficient (Wildman–Crippen LogP) is 3.83. The van der Waals surface area contributed by atoms with Crippen LogP contribution in [-0.2, 0) is 6.42 Å². The molecule has 2 rings (SSSR count). The van der Waals surface area contributed by atoms with E-state index in [0.29, 0.717) is 5.92 Å². The molecular formula is C16H22FN3S. The molecule has 0 amide bonds. The minimum absolute atomic E-state index is 0.211. The lowest BCUT2D eigenvalue weighted by atomic mass is 10.1. The summed E-state index contributed by atoms with van der Waals surface area (Å²) in [7, 11) is 0. The third kappa shape index (κ3) is 4.86. The first-order valence-corrected chi connectivity index (χ1v) is 8.17. The summed E-state index contributed by atoms with van der Waals surface area (Å²) in [5, 5.41) is 13.8. The van der Waals surface area contributed by atoms with Gasteiger partial charge in [-0.1, -0.05) is 25.2 Å². The van der Waals surface area contributed by atoms with Gasteiger partial charge in [0.1, 0.15) is 15.8 Å². The van der Waals surface area contributed by atoms with Crippen molar-refractivity contribution in [2.75, 3.05) is 13.1 Å². The maximum atomic E-state index is 13.1. The fourth-order valence-electron chi connectivity index (χ4n) is 2.09. The van der Waals surface area contributed by atoms with Crippen LogP contribution in [-0.4, -0.2) is 23.3 Å². The maximum absolute atomic E-state index is 13.1. The lowest BCUT2D eigenvalue weighted by Crippen LogP contribution is -2.21. The summed E-state index contributed by atoms with van der Waals surface area (Å²) in [4.78, 5) is 0. The van der Waals surface area contributed by atoms with Crippen LogP contribution in [0, 0.1) is 18.7 Å². The van der Waals surface area contributed by atoms with E-state index in [1.807, 2.05) is 6.92 Å². The highest BCUT2D eigenvalue weighted by Crippen LogP contribution is 2.27. The van der Waals surface area contributed by atoms with E-state index in [1.165, 1.54) is 12.1 Å². The number of aromatic nitrogens is 2. The lowest BCUT2D eigenvalue weighted by Gasteiger charge is -2.05. The highest BCUT2D eigenvalue weighted by molar-refractivity contribution is 7.14. The molecule has 1 aromatic carbocycles. The molecule has 0 fully saturated rings. The van der Waals surface area contributed by atoms with Gasteiger partial charge in [0.25, 0.3) is 0 Å². The molecule has 2 aromatic rings. The van der Waals surface area contributed by atoms with Crippen LogP contribution in [0.4, 0.5) is 4.39 Å². The van der Waals surface area contributed by atoms with E-state index in [0.717, 1.165) is 47.1 Å². The van der Waals surface area contributed by atoms with E-state index < -0.39 is 0 Å². The molecule has 3 nitrogen and oxygen atoms in total. The number of hydrogen-bond acceptors (Lipinski definition) is 4. The van der Waals surface area contributed by atoms with Crippen molar-refractivity contribution in [2.45, 2.75) is 33.6 Å². The number of nitrogens with one attached hydrogen (secondary N) is 1. The number of nitrogens with zero attached hydrogens (tertiary/aromatic N) is 2.